The maximum absolute atomic E-state index is 13.7. The number of hydrogen-bond acceptors (Lipinski definition) is 3. The van der Waals surface area contributed by atoms with Crippen molar-refractivity contribution in [3.05, 3.63) is 68.4 Å². The first-order chi connectivity index (χ1) is 9.47. The monoisotopic (exact) mass is 338 g/mol. The normalized spacial score (nSPS) is 11.9. The van der Waals surface area contributed by atoms with Gasteiger partial charge in [-0.2, -0.15) is 0 Å². The van der Waals surface area contributed by atoms with Crippen molar-refractivity contribution >= 4 is 27.3 Å². The fourth-order valence-electron chi connectivity index (χ4n) is 1.83. The van der Waals surface area contributed by atoms with E-state index >= 15 is 0 Å². The van der Waals surface area contributed by atoms with Crippen LogP contribution in [0.1, 0.15) is 18.5 Å². The Labute approximate surface area is 123 Å². The van der Waals surface area contributed by atoms with E-state index in [2.05, 4.69) is 21.2 Å². The van der Waals surface area contributed by atoms with Gasteiger partial charge in [0.05, 0.1) is 10.6 Å². The summed E-state index contributed by atoms with van der Waals surface area (Å²) in [6.45, 7) is 1.82. The van der Waals surface area contributed by atoms with Crippen molar-refractivity contribution in [2.75, 3.05) is 5.32 Å². The predicted molar refractivity (Wildman–Crippen MR) is 79.2 cm³/mol. The third kappa shape index (κ3) is 3.33. The van der Waals surface area contributed by atoms with Crippen LogP contribution in [0.5, 0.6) is 0 Å². The van der Waals surface area contributed by atoms with Crippen LogP contribution in [0, 0.1) is 15.9 Å². The molecule has 2 aromatic carbocycles. The fourth-order valence-corrected chi connectivity index (χ4v) is 2.19. The molecule has 0 saturated carbocycles. The molecule has 0 fully saturated rings. The topological polar surface area (TPSA) is 55.2 Å². The van der Waals surface area contributed by atoms with Crippen LogP contribution in [0.3, 0.4) is 0 Å². The van der Waals surface area contributed by atoms with Gasteiger partial charge >= 0.3 is 0 Å². The van der Waals surface area contributed by atoms with Gasteiger partial charge in [-0.05, 0) is 30.7 Å². The Morgan fingerprint density at radius 1 is 1.30 bits per heavy atom. The standard InChI is InChI=1S/C14H12BrFN2O2/c1-9(10-3-2-4-12(7-10)18(19)20)17-14-8-11(15)5-6-13(14)16/h2-9,17H,1H3. The van der Waals surface area contributed by atoms with Crippen LogP contribution in [-0.4, -0.2) is 4.92 Å². The molecule has 2 aromatic rings. The summed E-state index contributed by atoms with van der Waals surface area (Å²) in [4.78, 5) is 10.3. The molecule has 104 valence electrons. The first-order valence-electron chi connectivity index (χ1n) is 5.93. The molecular formula is C14H12BrFN2O2. The van der Waals surface area contributed by atoms with Crippen LogP contribution in [0.2, 0.25) is 0 Å². The van der Waals surface area contributed by atoms with E-state index in [1.165, 1.54) is 18.2 Å². The van der Waals surface area contributed by atoms with Crippen molar-refractivity contribution in [2.24, 2.45) is 0 Å². The van der Waals surface area contributed by atoms with Gasteiger partial charge in [-0.1, -0.05) is 28.1 Å². The van der Waals surface area contributed by atoms with Crippen LogP contribution in [0.25, 0.3) is 0 Å². The highest BCUT2D eigenvalue weighted by Gasteiger charge is 2.12. The molecule has 0 aliphatic rings. The van der Waals surface area contributed by atoms with Crippen molar-refractivity contribution in [2.45, 2.75) is 13.0 Å². The first kappa shape index (κ1) is 14.5. The lowest BCUT2D eigenvalue weighted by atomic mass is 10.1. The number of nitro groups is 1. The van der Waals surface area contributed by atoms with E-state index in [1.807, 2.05) is 6.92 Å². The van der Waals surface area contributed by atoms with E-state index in [-0.39, 0.29) is 17.5 Å². The van der Waals surface area contributed by atoms with Gasteiger partial charge in [0.15, 0.2) is 0 Å². The molecule has 0 spiro atoms. The van der Waals surface area contributed by atoms with Crippen molar-refractivity contribution in [1.82, 2.24) is 0 Å². The second-order valence-electron chi connectivity index (χ2n) is 4.34. The summed E-state index contributed by atoms with van der Waals surface area (Å²) in [7, 11) is 0. The zero-order chi connectivity index (χ0) is 14.7. The molecule has 1 unspecified atom stereocenters. The molecule has 2 rings (SSSR count). The Hall–Kier alpha value is -1.95. The summed E-state index contributed by atoms with van der Waals surface area (Å²) in [6.07, 6.45) is 0. The molecule has 4 nitrogen and oxygen atoms in total. The minimum Gasteiger partial charge on any atom is -0.376 e. The van der Waals surface area contributed by atoms with Gasteiger partial charge < -0.3 is 5.32 Å². The lowest BCUT2D eigenvalue weighted by molar-refractivity contribution is -0.384. The Kier molecular flexibility index (Phi) is 4.34. The van der Waals surface area contributed by atoms with Gasteiger partial charge in [-0.3, -0.25) is 10.1 Å². The number of nitrogens with one attached hydrogen (secondary N) is 1. The van der Waals surface area contributed by atoms with Crippen LogP contribution in [-0.2, 0) is 0 Å². The SMILES string of the molecule is CC(Nc1cc(Br)ccc1F)c1cccc([N+](=O)[O-])c1. The lowest BCUT2D eigenvalue weighted by Crippen LogP contribution is -2.08. The fraction of sp³-hybridized carbons (Fsp3) is 0.143. The molecule has 1 N–H and O–H groups in total. The summed E-state index contributed by atoms with van der Waals surface area (Å²) >= 11 is 3.28. The number of nitro benzene ring substituents is 1. The van der Waals surface area contributed by atoms with Gasteiger partial charge in [0, 0.05) is 22.6 Å². The third-order valence-electron chi connectivity index (χ3n) is 2.88. The summed E-state index contributed by atoms with van der Waals surface area (Å²) in [5.74, 6) is -0.370. The number of anilines is 1. The molecular weight excluding hydrogens is 327 g/mol. The van der Waals surface area contributed by atoms with Crippen molar-refractivity contribution in [3.8, 4) is 0 Å². The number of rotatable bonds is 4. The van der Waals surface area contributed by atoms with Crippen molar-refractivity contribution < 1.29 is 9.31 Å². The summed E-state index contributed by atoms with van der Waals surface area (Å²) in [6, 6.07) is 10.6. The molecule has 0 aromatic heterocycles. The summed E-state index contributed by atoms with van der Waals surface area (Å²) in [5, 5.41) is 13.8. The molecule has 1 atom stereocenters. The lowest BCUT2D eigenvalue weighted by Gasteiger charge is -2.16. The Morgan fingerprint density at radius 2 is 2.05 bits per heavy atom. The van der Waals surface area contributed by atoms with Crippen LogP contribution >= 0.6 is 15.9 Å². The number of halogens is 2. The second kappa shape index (κ2) is 6.00. The van der Waals surface area contributed by atoms with Gasteiger partial charge in [-0.15, -0.1) is 0 Å². The molecule has 0 radical (unpaired) electrons. The molecule has 0 heterocycles. The minimum absolute atomic E-state index is 0.0193. The maximum atomic E-state index is 13.7. The quantitative estimate of drug-likeness (QED) is 0.651. The molecule has 20 heavy (non-hydrogen) atoms. The van der Waals surface area contributed by atoms with Crippen LogP contribution in [0.4, 0.5) is 15.8 Å². The van der Waals surface area contributed by atoms with E-state index in [4.69, 9.17) is 0 Å². The van der Waals surface area contributed by atoms with E-state index in [1.54, 1.807) is 24.3 Å². The molecule has 0 aliphatic carbocycles. The largest absolute Gasteiger partial charge is 0.376 e. The Balaban J connectivity index is 2.23. The molecule has 0 bridgehead atoms. The van der Waals surface area contributed by atoms with Crippen LogP contribution in [0.15, 0.2) is 46.9 Å². The van der Waals surface area contributed by atoms with Gasteiger partial charge in [0.1, 0.15) is 5.82 Å². The third-order valence-corrected chi connectivity index (χ3v) is 3.37. The predicted octanol–water partition coefficient (Wildman–Crippen LogP) is 4.67. The Morgan fingerprint density at radius 3 is 2.75 bits per heavy atom. The van der Waals surface area contributed by atoms with Crippen molar-refractivity contribution in [1.29, 1.82) is 0 Å². The van der Waals surface area contributed by atoms with Crippen LogP contribution < -0.4 is 5.32 Å². The van der Waals surface area contributed by atoms with E-state index in [9.17, 15) is 14.5 Å². The van der Waals surface area contributed by atoms with E-state index in [0.29, 0.717) is 5.69 Å². The second-order valence-corrected chi connectivity index (χ2v) is 5.26. The maximum Gasteiger partial charge on any atom is 0.269 e. The highest BCUT2D eigenvalue weighted by molar-refractivity contribution is 9.10. The molecule has 0 aliphatic heterocycles. The average molecular weight is 339 g/mol. The number of non-ortho nitro benzene ring substituents is 1. The van der Waals surface area contributed by atoms with E-state index < -0.39 is 4.92 Å². The molecule has 0 saturated heterocycles. The summed E-state index contributed by atoms with van der Waals surface area (Å²) < 4.78 is 14.4. The Bertz CT molecular complexity index is 649. The van der Waals surface area contributed by atoms with Gasteiger partial charge in [0.25, 0.3) is 5.69 Å². The zero-order valence-corrected chi connectivity index (χ0v) is 12.2. The smallest absolute Gasteiger partial charge is 0.269 e. The highest BCUT2D eigenvalue weighted by Crippen LogP contribution is 2.26. The zero-order valence-electron chi connectivity index (χ0n) is 10.6. The highest BCUT2D eigenvalue weighted by atomic mass is 79.9. The minimum atomic E-state index is -0.449. The number of hydrogen-bond donors (Lipinski definition) is 1. The van der Waals surface area contributed by atoms with E-state index in [0.717, 1.165) is 10.0 Å². The number of nitrogens with zero attached hydrogens (tertiary/aromatic N) is 1. The first-order valence-corrected chi connectivity index (χ1v) is 6.72. The van der Waals surface area contributed by atoms with Gasteiger partial charge in [-0.25, -0.2) is 4.39 Å². The number of benzene rings is 2. The molecule has 0 amide bonds. The van der Waals surface area contributed by atoms with Crippen molar-refractivity contribution in [3.63, 3.8) is 0 Å². The average Bonchev–Trinajstić information content (AvgIpc) is 2.43. The summed E-state index contributed by atoms with van der Waals surface area (Å²) in [5.41, 5.74) is 1.09. The molecule has 6 heteroatoms. The van der Waals surface area contributed by atoms with Gasteiger partial charge in [0.2, 0.25) is 0 Å².